The van der Waals surface area contributed by atoms with Crippen LogP contribution in [0.15, 0.2) is 46.9 Å². The van der Waals surface area contributed by atoms with Crippen molar-refractivity contribution in [1.29, 1.82) is 0 Å². The highest BCUT2D eigenvalue weighted by atomic mass is 79.9. The fourth-order valence-corrected chi connectivity index (χ4v) is 3.34. The van der Waals surface area contributed by atoms with Crippen molar-refractivity contribution in [3.63, 3.8) is 0 Å². The summed E-state index contributed by atoms with van der Waals surface area (Å²) in [5, 5.41) is 5.62. The lowest BCUT2D eigenvalue weighted by atomic mass is 10.1. The van der Waals surface area contributed by atoms with Crippen LogP contribution in [-0.2, 0) is 9.59 Å². The van der Waals surface area contributed by atoms with Crippen LogP contribution in [0.1, 0.15) is 29.9 Å². The van der Waals surface area contributed by atoms with Crippen molar-refractivity contribution < 1.29 is 14.0 Å². The Morgan fingerprint density at radius 1 is 1.23 bits per heavy atom. The third-order valence-corrected chi connectivity index (χ3v) is 5.05. The number of carbonyl (C=O) groups is 2. The summed E-state index contributed by atoms with van der Waals surface area (Å²) in [6.07, 6.45) is 0.838. The van der Waals surface area contributed by atoms with Gasteiger partial charge in [-0.2, -0.15) is 0 Å². The minimum atomic E-state index is -0.267. The molecule has 136 valence electrons. The van der Waals surface area contributed by atoms with E-state index in [9.17, 15) is 14.0 Å². The van der Waals surface area contributed by atoms with Gasteiger partial charge in [-0.05, 0) is 48.6 Å². The summed E-state index contributed by atoms with van der Waals surface area (Å²) >= 11 is 3.38. The van der Waals surface area contributed by atoms with E-state index in [1.807, 2.05) is 25.1 Å². The largest absolute Gasteiger partial charge is 0.355 e. The molecule has 1 aliphatic carbocycles. The molecule has 0 saturated heterocycles. The van der Waals surface area contributed by atoms with Gasteiger partial charge in [0.2, 0.25) is 11.8 Å². The summed E-state index contributed by atoms with van der Waals surface area (Å²) < 4.78 is 14.6. The van der Waals surface area contributed by atoms with Crippen LogP contribution in [0.4, 0.5) is 10.1 Å². The average molecular weight is 419 g/mol. The molecule has 1 fully saturated rings. The summed E-state index contributed by atoms with van der Waals surface area (Å²) in [6.45, 7) is 2.18. The van der Waals surface area contributed by atoms with E-state index in [-0.39, 0.29) is 42.4 Å². The minimum Gasteiger partial charge on any atom is -0.355 e. The van der Waals surface area contributed by atoms with Crippen LogP contribution in [0.5, 0.6) is 0 Å². The molecule has 3 rings (SSSR count). The first-order valence-electron chi connectivity index (χ1n) is 8.54. The van der Waals surface area contributed by atoms with Crippen molar-refractivity contribution in [2.75, 3.05) is 11.9 Å². The van der Waals surface area contributed by atoms with Gasteiger partial charge in [0.05, 0.1) is 0 Å². The van der Waals surface area contributed by atoms with Crippen molar-refractivity contribution in [3.8, 4) is 0 Å². The first kappa shape index (κ1) is 18.6. The average Bonchev–Trinajstić information content (AvgIpc) is 3.39. The second kappa shape index (κ2) is 7.99. The first-order valence-corrected chi connectivity index (χ1v) is 9.33. The highest BCUT2D eigenvalue weighted by molar-refractivity contribution is 9.10. The van der Waals surface area contributed by atoms with Crippen LogP contribution in [0.2, 0.25) is 0 Å². The van der Waals surface area contributed by atoms with E-state index in [0.717, 1.165) is 15.7 Å². The second-order valence-corrected chi connectivity index (χ2v) is 7.43. The maximum absolute atomic E-state index is 13.8. The molecule has 0 spiro atoms. The number of hydrogen-bond donors (Lipinski definition) is 2. The Kier molecular flexibility index (Phi) is 5.71. The molecule has 26 heavy (non-hydrogen) atoms. The van der Waals surface area contributed by atoms with Crippen LogP contribution in [0, 0.1) is 18.7 Å². The van der Waals surface area contributed by atoms with E-state index >= 15 is 0 Å². The highest BCUT2D eigenvalue weighted by Gasteiger charge is 2.44. The molecule has 2 amide bonds. The monoisotopic (exact) mass is 418 g/mol. The number of rotatable bonds is 6. The Morgan fingerprint density at radius 2 is 2.00 bits per heavy atom. The molecular formula is C20H20BrFN2O2. The van der Waals surface area contributed by atoms with E-state index in [0.29, 0.717) is 12.0 Å². The third kappa shape index (κ3) is 4.49. The number of amides is 2. The van der Waals surface area contributed by atoms with Crippen LogP contribution in [0.3, 0.4) is 0 Å². The lowest BCUT2D eigenvalue weighted by Gasteiger charge is -2.09. The van der Waals surface area contributed by atoms with Gasteiger partial charge < -0.3 is 10.6 Å². The van der Waals surface area contributed by atoms with Gasteiger partial charge in [0.25, 0.3) is 0 Å². The SMILES string of the molecule is Cc1ccc(Br)cc1NC(=O)CCNC(=O)C1CC1c1ccccc1F. The van der Waals surface area contributed by atoms with E-state index in [1.165, 1.54) is 6.07 Å². The fourth-order valence-electron chi connectivity index (χ4n) is 2.98. The van der Waals surface area contributed by atoms with Gasteiger partial charge in [-0.15, -0.1) is 0 Å². The normalized spacial score (nSPS) is 18.3. The predicted octanol–water partition coefficient (Wildman–Crippen LogP) is 4.15. The molecule has 2 aromatic carbocycles. The quantitative estimate of drug-likeness (QED) is 0.740. The van der Waals surface area contributed by atoms with Crippen molar-refractivity contribution in [3.05, 3.63) is 63.9 Å². The molecule has 0 aliphatic heterocycles. The van der Waals surface area contributed by atoms with E-state index in [1.54, 1.807) is 18.2 Å². The molecule has 0 bridgehead atoms. The van der Waals surface area contributed by atoms with Gasteiger partial charge >= 0.3 is 0 Å². The fraction of sp³-hybridized carbons (Fsp3) is 0.300. The number of aryl methyl sites for hydroxylation is 1. The Bertz CT molecular complexity index is 840. The minimum absolute atomic E-state index is 0.0608. The zero-order valence-corrected chi connectivity index (χ0v) is 16.0. The summed E-state index contributed by atoms with van der Waals surface area (Å²) in [7, 11) is 0. The van der Waals surface area contributed by atoms with Crippen molar-refractivity contribution >= 4 is 33.4 Å². The molecule has 6 heteroatoms. The van der Waals surface area contributed by atoms with E-state index in [4.69, 9.17) is 0 Å². The van der Waals surface area contributed by atoms with Gasteiger partial charge in [-0.25, -0.2) is 4.39 Å². The number of nitrogens with one attached hydrogen (secondary N) is 2. The molecular weight excluding hydrogens is 399 g/mol. The lowest BCUT2D eigenvalue weighted by molar-refractivity contribution is -0.122. The number of benzene rings is 2. The molecule has 2 unspecified atom stereocenters. The van der Waals surface area contributed by atoms with Crippen molar-refractivity contribution in [1.82, 2.24) is 5.32 Å². The van der Waals surface area contributed by atoms with Crippen LogP contribution in [-0.4, -0.2) is 18.4 Å². The Labute approximate surface area is 160 Å². The Morgan fingerprint density at radius 3 is 2.77 bits per heavy atom. The number of halogens is 2. The van der Waals surface area contributed by atoms with E-state index in [2.05, 4.69) is 26.6 Å². The third-order valence-electron chi connectivity index (χ3n) is 4.56. The molecule has 0 radical (unpaired) electrons. The number of hydrogen-bond acceptors (Lipinski definition) is 2. The van der Waals surface area contributed by atoms with Crippen LogP contribution in [0.25, 0.3) is 0 Å². The maximum Gasteiger partial charge on any atom is 0.226 e. The second-order valence-electron chi connectivity index (χ2n) is 6.52. The Hall–Kier alpha value is -2.21. The molecule has 2 N–H and O–H groups in total. The summed E-state index contributed by atoms with van der Waals surface area (Å²) in [6, 6.07) is 12.2. The number of anilines is 1. The summed E-state index contributed by atoms with van der Waals surface area (Å²) in [5.41, 5.74) is 2.31. The maximum atomic E-state index is 13.8. The topological polar surface area (TPSA) is 58.2 Å². The zero-order valence-electron chi connectivity index (χ0n) is 14.4. The van der Waals surface area contributed by atoms with E-state index < -0.39 is 0 Å². The molecule has 2 atom stereocenters. The molecule has 1 saturated carbocycles. The standard InChI is InChI=1S/C20H20BrFN2O2/c1-12-6-7-13(21)10-18(12)24-19(25)8-9-23-20(26)16-11-15(16)14-4-2-3-5-17(14)22/h2-7,10,15-16H,8-9,11H2,1H3,(H,23,26)(H,24,25). The van der Waals surface area contributed by atoms with Gasteiger partial charge in [0.1, 0.15) is 5.82 Å². The zero-order chi connectivity index (χ0) is 18.7. The molecule has 4 nitrogen and oxygen atoms in total. The van der Waals surface area contributed by atoms with Gasteiger partial charge in [0, 0.05) is 29.0 Å². The summed E-state index contributed by atoms with van der Waals surface area (Å²) in [5.74, 6) is -0.814. The lowest BCUT2D eigenvalue weighted by Crippen LogP contribution is -2.29. The molecule has 2 aromatic rings. The van der Waals surface area contributed by atoms with Crippen LogP contribution < -0.4 is 10.6 Å². The predicted molar refractivity (Wildman–Crippen MR) is 102 cm³/mol. The summed E-state index contributed by atoms with van der Waals surface area (Å²) in [4.78, 5) is 24.2. The molecule has 0 heterocycles. The van der Waals surface area contributed by atoms with Crippen molar-refractivity contribution in [2.45, 2.75) is 25.7 Å². The van der Waals surface area contributed by atoms with Crippen LogP contribution >= 0.6 is 15.9 Å². The molecule has 1 aliphatic rings. The number of carbonyl (C=O) groups excluding carboxylic acids is 2. The smallest absolute Gasteiger partial charge is 0.226 e. The van der Waals surface area contributed by atoms with Gasteiger partial charge in [-0.3, -0.25) is 9.59 Å². The first-order chi connectivity index (χ1) is 12.5. The Balaban J connectivity index is 1.44. The van der Waals surface area contributed by atoms with Gasteiger partial charge in [0.15, 0.2) is 0 Å². The highest BCUT2D eigenvalue weighted by Crippen LogP contribution is 2.48. The molecule has 0 aromatic heterocycles. The van der Waals surface area contributed by atoms with Gasteiger partial charge in [-0.1, -0.05) is 40.2 Å². The van der Waals surface area contributed by atoms with Crippen molar-refractivity contribution in [2.24, 2.45) is 5.92 Å².